The molecule has 254 valence electrons. The lowest BCUT2D eigenvalue weighted by atomic mass is 9.99. The molecule has 0 saturated heterocycles. The second-order valence-electron chi connectivity index (χ2n) is 14.7. The highest BCUT2D eigenvalue weighted by Gasteiger charge is 2.27. The molecule has 5 heterocycles. The molecule has 13 rings (SSSR count). The van der Waals surface area contributed by atoms with Crippen molar-refractivity contribution in [3.05, 3.63) is 187 Å². The number of aromatic nitrogens is 2. The summed E-state index contributed by atoms with van der Waals surface area (Å²) in [6.45, 7) is 0. The van der Waals surface area contributed by atoms with Crippen LogP contribution in [0.3, 0.4) is 0 Å². The van der Waals surface area contributed by atoms with E-state index in [-0.39, 0.29) is 0 Å². The summed E-state index contributed by atoms with van der Waals surface area (Å²) in [7, 11) is 0. The first-order valence-corrected chi connectivity index (χ1v) is 18.8. The molecule has 0 spiro atoms. The highest BCUT2D eigenvalue weighted by molar-refractivity contribution is 6.37. The summed E-state index contributed by atoms with van der Waals surface area (Å²) < 4.78 is 11.6. The van der Waals surface area contributed by atoms with Gasteiger partial charge in [-0.2, -0.15) is 0 Å². The summed E-state index contributed by atoms with van der Waals surface area (Å²) in [6, 6.07) is 56.8. The minimum Gasteiger partial charge on any atom is -0.454 e. The quantitative estimate of drug-likeness (QED) is 0.177. The van der Waals surface area contributed by atoms with Crippen LogP contribution in [0.2, 0.25) is 0 Å². The van der Waals surface area contributed by atoms with Gasteiger partial charge in [0.25, 0.3) is 0 Å². The largest absolute Gasteiger partial charge is 0.454 e. The molecule has 55 heavy (non-hydrogen) atoms. The minimum atomic E-state index is 0.768. The molecule has 0 saturated carbocycles. The van der Waals surface area contributed by atoms with Crippen molar-refractivity contribution in [3.8, 4) is 0 Å². The summed E-state index contributed by atoms with van der Waals surface area (Å²) in [5.74, 6) is 1.59. The van der Waals surface area contributed by atoms with E-state index in [1.54, 1.807) is 0 Å². The predicted molar refractivity (Wildman–Crippen MR) is 231 cm³/mol. The third-order valence-electron chi connectivity index (χ3n) is 11.8. The summed E-state index contributed by atoms with van der Waals surface area (Å²) in [4.78, 5) is 5.67. The summed E-state index contributed by atoms with van der Waals surface area (Å²) in [5.41, 5.74) is 9.67. The standard InChI is InChI=1S/C51H29N3O/c1-2-14-32-28-33(25-24-30(32)12-1)48-51-37(36-17-7-10-22-44(36)55-51)19-11-23-45(52-48)53-42-21-9-6-18-38(42)46-43(53)29-40-35-16-5-8-20-41(35)54-49-34-15-4-3-13-31(34)26-27-39(49)47(46)50(40)54/h1-29H. The smallest absolute Gasteiger partial charge is 0.161 e. The summed E-state index contributed by atoms with van der Waals surface area (Å²) >= 11 is 0. The minimum absolute atomic E-state index is 0.768. The molecule has 0 unspecified atom stereocenters. The fraction of sp³-hybridized carbons (Fsp3) is 0. The van der Waals surface area contributed by atoms with Crippen molar-refractivity contribution in [1.82, 2.24) is 8.97 Å². The van der Waals surface area contributed by atoms with Gasteiger partial charge < -0.3 is 8.82 Å². The number of fused-ring (bicyclic) bond motifs is 16. The fourth-order valence-electron chi connectivity index (χ4n) is 9.51. The van der Waals surface area contributed by atoms with Gasteiger partial charge in [-0.1, -0.05) is 140 Å². The lowest BCUT2D eigenvalue weighted by molar-refractivity contribution is 0.604. The molecule has 0 N–H and O–H groups in total. The van der Waals surface area contributed by atoms with Crippen LogP contribution in [0, 0.1) is 0 Å². The van der Waals surface area contributed by atoms with Gasteiger partial charge in [-0.3, -0.25) is 4.57 Å². The molecule has 1 aliphatic rings. The first-order chi connectivity index (χ1) is 27.3. The second-order valence-corrected chi connectivity index (χ2v) is 14.7. The number of hydrogen-bond acceptors (Lipinski definition) is 2. The Bertz CT molecular complexity index is 3720. The molecule has 0 fully saturated rings. The van der Waals surface area contributed by atoms with E-state index in [2.05, 4.69) is 173 Å². The molecule has 1 aliphatic heterocycles. The van der Waals surface area contributed by atoms with Gasteiger partial charge in [-0.25, -0.2) is 4.99 Å². The molecular weight excluding hydrogens is 671 g/mol. The Hall–Kier alpha value is -7.43. The number of hydrogen-bond donors (Lipinski definition) is 0. The molecule has 0 bridgehead atoms. The van der Waals surface area contributed by atoms with E-state index in [4.69, 9.17) is 9.41 Å². The maximum absolute atomic E-state index is 6.74. The third-order valence-corrected chi connectivity index (χ3v) is 11.8. The van der Waals surface area contributed by atoms with Crippen molar-refractivity contribution in [2.24, 2.45) is 4.99 Å². The Kier molecular flexibility index (Phi) is 5.60. The summed E-state index contributed by atoms with van der Waals surface area (Å²) in [5, 5.41) is 13.4. The molecule has 8 aromatic carbocycles. The van der Waals surface area contributed by atoms with E-state index >= 15 is 0 Å². The first kappa shape index (κ1) is 29.1. The third kappa shape index (κ3) is 3.82. The average Bonchev–Trinajstić information content (AvgIpc) is 3.96. The van der Waals surface area contributed by atoms with Crippen molar-refractivity contribution in [3.63, 3.8) is 0 Å². The molecule has 0 atom stereocenters. The zero-order chi connectivity index (χ0) is 35.8. The second kappa shape index (κ2) is 10.6. The maximum Gasteiger partial charge on any atom is 0.161 e. The van der Waals surface area contributed by atoms with Crippen LogP contribution in [0.15, 0.2) is 179 Å². The van der Waals surface area contributed by atoms with Crippen LogP contribution in [0.25, 0.3) is 104 Å². The van der Waals surface area contributed by atoms with E-state index in [0.717, 1.165) is 55.8 Å². The van der Waals surface area contributed by atoms with Crippen molar-refractivity contribution in [1.29, 1.82) is 0 Å². The van der Waals surface area contributed by atoms with E-state index in [1.165, 1.54) is 65.0 Å². The van der Waals surface area contributed by atoms with Crippen LogP contribution >= 0.6 is 0 Å². The molecular formula is C51H29N3O. The lowest BCUT2D eigenvalue weighted by Gasteiger charge is -2.14. The zero-order valence-electron chi connectivity index (χ0n) is 29.5. The summed E-state index contributed by atoms with van der Waals surface area (Å²) in [6.07, 6.45) is 6.46. The molecule has 0 radical (unpaired) electrons. The van der Waals surface area contributed by atoms with E-state index in [0.29, 0.717) is 0 Å². The van der Waals surface area contributed by atoms with Gasteiger partial charge in [0, 0.05) is 54.2 Å². The van der Waals surface area contributed by atoms with Crippen LogP contribution in [0.4, 0.5) is 0 Å². The van der Waals surface area contributed by atoms with Crippen molar-refractivity contribution >= 4 is 110 Å². The highest BCUT2D eigenvalue weighted by atomic mass is 16.3. The molecule has 4 nitrogen and oxygen atoms in total. The van der Waals surface area contributed by atoms with Crippen LogP contribution in [0.1, 0.15) is 16.9 Å². The van der Waals surface area contributed by atoms with E-state index in [1.807, 2.05) is 12.1 Å². The molecule has 4 heteroatoms. The fourth-order valence-corrected chi connectivity index (χ4v) is 9.51. The van der Waals surface area contributed by atoms with Crippen LogP contribution < -0.4 is 0 Å². The van der Waals surface area contributed by atoms with Crippen molar-refractivity contribution in [2.45, 2.75) is 0 Å². The van der Waals surface area contributed by atoms with Crippen molar-refractivity contribution in [2.75, 3.05) is 0 Å². The SMILES string of the molecule is C1=Cc2c(oc3ccccc23)C(c2ccc3ccccc3c2)=NC(n2c3ccccc3c3c4c5ccc6ccccc6c5n5c6ccccc6c(cc32)c45)=C1. The molecule has 0 amide bonds. The van der Waals surface area contributed by atoms with Gasteiger partial charge >= 0.3 is 0 Å². The molecule has 4 aromatic heterocycles. The topological polar surface area (TPSA) is 34.8 Å². The Morgan fingerprint density at radius 2 is 1.18 bits per heavy atom. The normalized spacial score (nSPS) is 13.6. The number of para-hydroxylation sites is 3. The Morgan fingerprint density at radius 1 is 0.473 bits per heavy atom. The Morgan fingerprint density at radius 3 is 2.07 bits per heavy atom. The Labute approximate surface area is 314 Å². The maximum atomic E-state index is 6.74. The first-order valence-electron chi connectivity index (χ1n) is 18.8. The van der Waals surface area contributed by atoms with Gasteiger partial charge in [-0.15, -0.1) is 0 Å². The van der Waals surface area contributed by atoms with Gasteiger partial charge in [0.2, 0.25) is 0 Å². The average molecular weight is 700 g/mol. The number of benzene rings is 8. The van der Waals surface area contributed by atoms with Gasteiger partial charge in [-0.05, 0) is 52.6 Å². The number of allylic oxidation sites excluding steroid dienone is 2. The Balaban J connectivity index is 1.19. The van der Waals surface area contributed by atoms with Crippen LogP contribution in [-0.2, 0) is 0 Å². The number of rotatable bonds is 2. The predicted octanol–water partition coefficient (Wildman–Crippen LogP) is 13.4. The van der Waals surface area contributed by atoms with Crippen molar-refractivity contribution < 1.29 is 4.42 Å². The highest BCUT2D eigenvalue weighted by Crippen LogP contribution is 2.48. The zero-order valence-corrected chi connectivity index (χ0v) is 29.5. The monoisotopic (exact) mass is 699 g/mol. The number of aliphatic imine (C=N–C) groups is 1. The van der Waals surface area contributed by atoms with Crippen LogP contribution in [-0.4, -0.2) is 14.7 Å². The molecule has 12 aromatic rings. The van der Waals surface area contributed by atoms with E-state index < -0.39 is 0 Å². The van der Waals surface area contributed by atoms with Crippen LogP contribution in [0.5, 0.6) is 0 Å². The van der Waals surface area contributed by atoms with Gasteiger partial charge in [0.1, 0.15) is 17.1 Å². The van der Waals surface area contributed by atoms with E-state index in [9.17, 15) is 0 Å². The number of furan rings is 1. The van der Waals surface area contributed by atoms with Gasteiger partial charge in [0.15, 0.2) is 5.76 Å². The molecule has 0 aliphatic carbocycles. The number of nitrogens with zero attached hydrogens (tertiary/aromatic N) is 3. The van der Waals surface area contributed by atoms with Gasteiger partial charge in [0.05, 0.1) is 27.6 Å². The lowest BCUT2D eigenvalue weighted by Crippen LogP contribution is -2.07.